The van der Waals surface area contributed by atoms with Crippen molar-refractivity contribution in [3.8, 4) is 5.75 Å². The van der Waals surface area contributed by atoms with Gasteiger partial charge in [0, 0.05) is 6.21 Å². The SMILES string of the molecule is CSN1[CH-]N(SC)CC1.[CH-]=Cc1ccccc1C=Nc1ccc(OC)cc1.[Ru+2]. The molecule has 1 saturated heterocycles. The van der Waals surface area contributed by atoms with Crippen molar-refractivity contribution in [2.24, 2.45) is 4.99 Å². The maximum absolute atomic E-state index is 5.55. The van der Waals surface area contributed by atoms with Gasteiger partial charge in [0.2, 0.25) is 0 Å². The number of rotatable bonds is 6. The van der Waals surface area contributed by atoms with Crippen LogP contribution in [0.4, 0.5) is 5.69 Å². The maximum Gasteiger partial charge on any atom is 2.00 e. The minimum atomic E-state index is 0. The molecule has 0 spiro atoms. The molecule has 7 heteroatoms. The second kappa shape index (κ2) is 14.0. The van der Waals surface area contributed by atoms with Crippen LogP contribution in [0.25, 0.3) is 6.08 Å². The van der Waals surface area contributed by atoms with Crippen LogP contribution in [0.3, 0.4) is 0 Å². The Hall–Kier alpha value is -1.11. The Labute approximate surface area is 190 Å². The van der Waals surface area contributed by atoms with Gasteiger partial charge < -0.3 is 13.3 Å². The summed E-state index contributed by atoms with van der Waals surface area (Å²) in [7, 11) is 1.64. The molecular weight excluding hydrogens is 475 g/mol. The summed E-state index contributed by atoms with van der Waals surface area (Å²) in [5.74, 6) is 0.824. The number of aliphatic imine (C=N–C) groups is 1. The second-order valence-corrected chi connectivity index (χ2v) is 7.18. The topological polar surface area (TPSA) is 28.1 Å². The summed E-state index contributed by atoms with van der Waals surface area (Å²) >= 11 is 3.55. The Morgan fingerprint density at radius 1 is 1.00 bits per heavy atom. The zero-order chi connectivity index (χ0) is 19.5. The molecule has 0 bridgehead atoms. The molecule has 2 aromatic carbocycles. The molecule has 0 atom stereocenters. The van der Waals surface area contributed by atoms with Crippen LogP contribution < -0.4 is 4.74 Å². The summed E-state index contributed by atoms with van der Waals surface area (Å²) in [6.45, 7) is 10.0. The first-order valence-corrected chi connectivity index (χ1v) is 10.8. The van der Waals surface area contributed by atoms with Crippen molar-refractivity contribution in [3.05, 3.63) is 72.9 Å². The van der Waals surface area contributed by atoms with Crippen molar-refractivity contribution in [3.63, 3.8) is 0 Å². The molecule has 0 N–H and O–H groups in total. The Morgan fingerprint density at radius 2 is 1.57 bits per heavy atom. The van der Waals surface area contributed by atoms with E-state index in [1.807, 2.05) is 48.5 Å². The number of methoxy groups -OCH3 is 1. The van der Waals surface area contributed by atoms with Crippen molar-refractivity contribution in [2.45, 2.75) is 0 Å². The van der Waals surface area contributed by atoms with Gasteiger partial charge in [-0.2, -0.15) is 12.2 Å². The van der Waals surface area contributed by atoms with Crippen molar-refractivity contribution in [1.29, 1.82) is 0 Å². The van der Waals surface area contributed by atoms with Gasteiger partial charge in [-0.15, -0.1) is 30.0 Å². The van der Waals surface area contributed by atoms with E-state index in [4.69, 9.17) is 11.3 Å². The molecule has 1 fully saturated rings. The van der Waals surface area contributed by atoms with E-state index in [0.29, 0.717) is 0 Å². The van der Waals surface area contributed by atoms with Crippen LogP contribution in [0.1, 0.15) is 11.1 Å². The summed E-state index contributed by atoms with van der Waals surface area (Å²) in [5, 5.41) is 0. The molecule has 0 radical (unpaired) electrons. The van der Waals surface area contributed by atoms with Gasteiger partial charge >= 0.3 is 19.5 Å². The van der Waals surface area contributed by atoms with Crippen molar-refractivity contribution >= 4 is 41.9 Å². The fourth-order valence-corrected chi connectivity index (χ4v) is 3.33. The van der Waals surface area contributed by atoms with E-state index < -0.39 is 0 Å². The van der Waals surface area contributed by atoms with Crippen LogP contribution in [0.2, 0.25) is 0 Å². The van der Waals surface area contributed by atoms with E-state index in [2.05, 4.69) is 32.8 Å². The molecule has 3 rings (SSSR count). The molecule has 0 aliphatic carbocycles. The molecule has 1 aliphatic heterocycles. The van der Waals surface area contributed by atoms with Gasteiger partial charge in [-0.3, -0.25) is 11.6 Å². The summed E-state index contributed by atoms with van der Waals surface area (Å²) in [6.07, 6.45) is 7.58. The normalized spacial score (nSPS) is 14.2. The molecule has 1 heterocycles. The van der Waals surface area contributed by atoms with Crippen LogP contribution in [-0.2, 0) is 19.5 Å². The fourth-order valence-electron chi connectivity index (χ4n) is 2.33. The zero-order valence-corrected chi connectivity index (χ0v) is 19.6. The first-order valence-electron chi connectivity index (χ1n) is 8.48. The monoisotopic (exact) mass is 501 g/mol. The molecule has 0 unspecified atom stereocenters. The van der Waals surface area contributed by atoms with Gasteiger partial charge in [-0.1, -0.05) is 23.8 Å². The largest absolute Gasteiger partial charge is 2.00 e. The minimum absolute atomic E-state index is 0. The third kappa shape index (κ3) is 8.10. The van der Waals surface area contributed by atoms with E-state index in [9.17, 15) is 0 Å². The molecule has 28 heavy (non-hydrogen) atoms. The predicted molar refractivity (Wildman–Crippen MR) is 120 cm³/mol. The zero-order valence-electron chi connectivity index (χ0n) is 16.3. The number of nitrogens with zero attached hydrogens (tertiary/aromatic N) is 3. The maximum atomic E-state index is 5.55. The number of hydrogen-bond donors (Lipinski definition) is 0. The molecule has 0 saturated carbocycles. The van der Waals surface area contributed by atoms with Gasteiger partial charge in [0.05, 0.1) is 12.8 Å². The van der Waals surface area contributed by atoms with Crippen LogP contribution in [0.15, 0.2) is 53.5 Å². The molecule has 0 amide bonds. The van der Waals surface area contributed by atoms with Crippen molar-refractivity contribution < 1.29 is 24.2 Å². The first-order chi connectivity index (χ1) is 13.2. The summed E-state index contributed by atoms with van der Waals surface area (Å²) in [5.41, 5.74) is 2.84. The Morgan fingerprint density at radius 3 is 2.04 bits per heavy atom. The molecule has 4 nitrogen and oxygen atoms in total. The average Bonchev–Trinajstić information content (AvgIpc) is 3.22. The van der Waals surface area contributed by atoms with Gasteiger partial charge in [-0.05, 0) is 49.9 Å². The quantitative estimate of drug-likeness (QED) is 0.236. The Balaban J connectivity index is 0.000000332. The Kier molecular flexibility index (Phi) is 12.4. The number of benzene rings is 2. The van der Waals surface area contributed by atoms with E-state index in [0.717, 1.165) is 35.7 Å². The average molecular weight is 501 g/mol. The predicted octanol–water partition coefficient (Wildman–Crippen LogP) is 5.17. The van der Waals surface area contributed by atoms with E-state index in [1.165, 1.54) is 0 Å². The van der Waals surface area contributed by atoms with Gasteiger partial charge in [0.15, 0.2) is 0 Å². The van der Waals surface area contributed by atoms with E-state index in [1.54, 1.807) is 43.3 Å². The van der Waals surface area contributed by atoms with Crippen LogP contribution >= 0.6 is 23.9 Å². The van der Waals surface area contributed by atoms with Gasteiger partial charge in [-0.25, -0.2) is 6.08 Å². The third-order valence-electron chi connectivity index (χ3n) is 3.87. The third-order valence-corrected chi connectivity index (χ3v) is 5.36. The van der Waals surface area contributed by atoms with Crippen molar-refractivity contribution in [1.82, 2.24) is 8.61 Å². The summed E-state index contributed by atoms with van der Waals surface area (Å²) in [6, 6.07) is 15.4. The number of hydrogen-bond acceptors (Lipinski definition) is 6. The summed E-state index contributed by atoms with van der Waals surface area (Å²) in [4.78, 5) is 4.40. The van der Waals surface area contributed by atoms with Crippen LogP contribution in [-0.4, -0.2) is 47.5 Å². The standard InChI is InChI=1S/C16H14NO.C5H11N2S2.Ru/c1-3-13-6-4-5-7-14(13)12-17-15-8-10-16(18-2)11-9-15;1-8-6-3-4-7(5-6)9-2;/h1,3-12H,2H3;5H,3-4H2,1-2H3;/q2*-1;+2. The fraction of sp³-hybridized carbons (Fsp3) is 0.238. The smallest absolute Gasteiger partial charge is 0.497 e. The first kappa shape index (κ1) is 24.9. The molecular formula is C21H25N3ORuS2. The van der Waals surface area contributed by atoms with E-state index in [-0.39, 0.29) is 19.5 Å². The van der Waals surface area contributed by atoms with Gasteiger partial charge in [0.1, 0.15) is 5.75 Å². The van der Waals surface area contributed by atoms with Gasteiger partial charge in [0.25, 0.3) is 0 Å². The number of ether oxygens (including phenoxy) is 1. The Bertz CT molecular complexity index is 731. The molecule has 0 aromatic heterocycles. The van der Waals surface area contributed by atoms with E-state index >= 15 is 0 Å². The van der Waals surface area contributed by atoms with Crippen LogP contribution in [0.5, 0.6) is 5.75 Å². The second-order valence-electron chi connectivity index (χ2n) is 5.51. The minimum Gasteiger partial charge on any atom is -0.497 e. The van der Waals surface area contributed by atoms with Crippen molar-refractivity contribution in [2.75, 3.05) is 32.7 Å². The summed E-state index contributed by atoms with van der Waals surface area (Å²) < 4.78 is 9.56. The molecule has 150 valence electrons. The molecule has 2 aromatic rings. The van der Waals surface area contributed by atoms with Crippen LogP contribution in [0, 0.1) is 13.2 Å². The molecule has 1 aliphatic rings.